The Bertz CT molecular complexity index is 308. The molecule has 0 saturated carbocycles. The number of halogens is 4. The first-order chi connectivity index (χ1) is 5.43. The molecule has 7 heteroatoms. The molecule has 0 radical (unpaired) electrons. The molecule has 1 aromatic heterocycles. The first-order valence-corrected chi connectivity index (χ1v) is 3.89. The monoisotopic (exact) mass is 215 g/mol. The molecule has 0 aliphatic rings. The van der Waals surface area contributed by atoms with E-state index in [0.29, 0.717) is 11.3 Å². The topological polar surface area (TPSA) is 30.0 Å². The van der Waals surface area contributed by atoms with Gasteiger partial charge in [0.05, 0.1) is 5.51 Å². The highest BCUT2D eigenvalue weighted by molar-refractivity contribution is 7.10. The van der Waals surface area contributed by atoms with E-state index in [0.717, 1.165) is 5.51 Å². The van der Waals surface area contributed by atoms with Gasteiger partial charge in [0.15, 0.2) is 0 Å². The van der Waals surface area contributed by atoms with Crippen LogP contribution in [0.25, 0.3) is 0 Å². The van der Waals surface area contributed by atoms with Gasteiger partial charge in [0.2, 0.25) is 0 Å². The van der Waals surface area contributed by atoms with Crippen molar-refractivity contribution < 1.29 is 18.0 Å². The highest BCUT2D eigenvalue weighted by atomic mass is 35.5. The Morgan fingerprint density at radius 3 is 2.50 bits per heavy atom. The average Bonchev–Trinajstić information content (AvgIpc) is 2.30. The van der Waals surface area contributed by atoms with E-state index in [4.69, 9.17) is 11.6 Å². The summed E-state index contributed by atoms with van der Waals surface area (Å²) >= 11 is 5.20. The van der Waals surface area contributed by atoms with Gasteiger partial charge >= 0.3 is 6.18 Å². The van der Waals surface area contributed by atoms with Crippen LogP contribution in [0.5, 0.6) is 0 Å². The van der Waals surface area contributed by atoms with Crippen LogP contribution in [0.1, 0.15) is 15.4 Å². The summed E-state index contributed by atoms with van der Waals surface area (Å²) in [7, 11) is 0. The van der Waals surface area contributed by atoms with Gasteiger partial charge in [0.1, 0.15) is 10.6 Å². The lowest BCUT2D eigenvalue weighted by atomic mass is 10.4. The van der Waals surface area contributed by atoms with Crippen LogP contribution in [0.15, 0.2) is 5.51 Å². The number of rotatable bonds is 1. The van der Waals surface area contributed by atoms with Crippen molar-refractivity contribution in [2.24, 2.45) is 0 Å². The fourth-order valence-electron chi connectivity index (χ4n) is 0.587. The molecule has 0 spiro atoms. The summed E-state index contributed by atoms with van der Waals surface area (Å²) in [5.41, 5.74) is 0.201. The lowest BCUT2D eigenvalue weighted by Crippen LogP contribution is -2.07. The molecule has 2 nitrogen and oxygen atoms in total. The Morgan fingerprint density at radius 1 is 1.58 bits per heavy atom. The number of nitrogens with zero attached hydrogens (tertiary/aromatic N) is 1. The maximum Gasteiger partial charge on any atom is 0.427 e. The molecule has 0 amide bonds. The van der Waals surface area contributed by atoms with Crippen molar-refractivity contribution >= 4 is 28.2 Å². The third kappa shape index (κ3) is 1.75. The van der Waals surface area contributed by atoms with E-state index in [2.05, 4.69) is 4.98 Å². The van der Waals surface area contributed by atoms with Crippen molar-refractivity contribution in [2.75, 3.05) is 0 Å². The highest BCUT2D eigenvalue weighted by Crippen LogP contribution is 2.35. The number of aromatic nitrogens is 1. The van der Waals surface area contributed by atoms with Gasteiger partial charge in [-0.05, 0) is 11.6 Å². The van der Waals surface area contributed by atoms with Crippen LogP contribution in [-0.2, 0) is 6.18 Å². The average molecular weight is 216 g/mol. The smallest absolute Gasteiger partial charge is 0.274 e. The molecule has 0 saturated heterocycles. The van der Waals surface area contributed by atoms with E-state index in [1.807, 2.05) is 0 Å². The second kappa shape index (κ2) is 3.02. The molecule has 0 aliphatic heterocycles. The van der Waals surface area contributed by atoms with Crippen molar-refractivity contribution in [1.29, 1.82) is 0 Å². The van der Waals surface area contributed by atoms with Crippen LogP contribution >= 0.6 is 22.9 Å². The van der Waals surface area contributed by atoms with Gasteiger partial charge in [-0.1, -0.05) is 0 Å². The first kappa shape index (κ1) is 9.47. The molecule has 1 aromatic rings. The number of hydrogen-bond donors (Lipinski definition) is 0. The Labute approximate surface area is 74.0 Å². The third-order valence-corrected chi connectivity index (χ3v) is 2.06. The summed E-state index contributed by atoms with van der Waals surface area (Å²) in [4.78, 5) is 12.5. The predicted molar refractivity (Wildman–Crippen MR) is 37.3 cm³/mol. The minimum absolute atomic E-state index is 0.343. The van der Waals surface area contributed by atoms with Gasteiger partial charge in [-0.3, -0.25) is 4.79 Å². The molecule has 0 atom stereocenters. The number of thiazole rings is 1. The number of carbonyl (C=O) groups excluding carboxylic acids is 1. The number of hydrogen-bond acceptors (Lipinski definition) is 3. The molecule has 1 rings (SSSR count). The molecule has 12 heavy (non-hydrogen) atoms. The zero-order chi connectivity index (χ0) is 9.35. The zero-order valence-corrected chi connectivity index (χ0v) is 6.93. The quantitative estimate of drug-likeness (QED) is 0.674. The van der Waals surface area contributed by atoms with E-state index in [1.54, 1.807) is 0 Å². The summed E-state index contributed by atoms with van der Waals surface area (Å²) in [5, 5.41) is -1.19. The molecular weight excluding hydrogens is 215 g/mol. The zero-order valence-electron chi connectivity index (χ0n) is 5.35. The van der Waals surface area contributed by atoms with E-state index >= 15 is 0 Å². The van der Waals surface area contributed by atoms with Crippen molar-refractivity contribution in [3.63, 3.8) is 0 Å². The second-order valence-corrected chi connectivity index (χ2v) is 3.00. The lowest BCUT2D eigenvalue weighted by molar-refractivity contribution is -0.134. The van der Waals surface area contributed by atoms with Crippen molar-refractivity contribution in [3.05, 3.63) is 16.1 Å². The van der Waals surface area contributed by atoms with Crippen molar-refractivity contribution in [1.82, 2.24) is 4.98 Å². The molecule has 0 unspecified atom stereocenters. The Kier molecular flexibility index (Phi) is 2.39. The van der Waals surface area contributed by atoms with Gasteiger partial charge in [-0.15, -0.1) is 11.3 Å². The van der Waals surface area contributed by atoms with E-state index < -0.39 is 22.0 Å². The van der Waals surface area contributed by atoms with E-state index in [9.17, 15) is 18.0 Å². The molecular formula is C5HClF3NOS. The van der Waals surface area contributed by atoms with Crippen molar-refractivity contribution in [2.45, 2.75) is 6.18 Å². The fraction of sp³-hybridized carbons (Fsp3) is 0.200. The summed E-state index contributed by atoms with van der Waals surface area (Å²) in [6, 6.07) is 0. The van der Waals surface area contributed by atoms with Crippen LogP contribution in [0.4, 0.5) is 13.2 Å². The van der Waals surface area contributed by atoms with E-state index in [-0.39, 0.29) is 0 Å². The van der Waals surface area contributed by atoms with Gasteiger partial charge in [-0.25, -0.2) is 4.98 Å². The molecule has 0 aromatic carbocycles. The van der Waals surface area contributed by atoms with Crippen LogP contribution in [-0.4, -0.2) is 10.2 Å². The molecule has 1 heterocycles. The first-order valence-electron chi connectivity index (χ1n) is 2.63. The van der Waals surface area contributed by atoms with Crippen molar-refractivity contribution in [3.8, 4) is 0 Å². The Morgan fingerprint density at radius 2 is 2.17 bits per heavy atom. The number of alkyl halides is 3. The fourth-order valence-corrected chi connectivity index (χ4v) is 1.44. The maximum atomic E-state index is 12.0. The largest absolute Gasteiger partial charge is 0.427 e. The molecule has 0 bridgehead atoms. The second-order valence-electron chi connectivity index (χ2n) is 1.80. The minimum atomic E-state index is -4.55. The Hall–Kier alpha value is -0.620. The molecule has 0 fully saturated rings. The van der Waals surface area contributed by atoms with E-state index in [1.165, 1.54) is 0 Å². The van der Waals surface area contributed by atoms with Crippen LogP contribution in [0.3, 0.4) is 0 Å². The van der Waals surface area contributed by atoms with Crippen LogP contribution < -0.4 is 0 Å². The number of carbonyl (C=O) groups is 1. The summed E-state index contributed by atoms with van der Waals surface area (Å²) in [6.45, 7) is 0. The SMILES string of the molecule is O=C(Cl)c1ncsc1C(F)(F)F. The molecule has 0 N–H and O–H groups in total. The summed E-state index contributed by atoms with van der Waals surface area (Å²) in [5.74, 6) is 0. The molecule has 66 valence electrons. The van der Waals surface area contributed by atoms with Crippen LogP contribution in [0.2, 0.25) is 0 Å². The van der Waals surface area contributed by atoms with Gasteiger partial charge < -0.3 is 0 Å². The lowest BCUT2D eigenvalue weighted by Gasteiger charge is -2.02. The van der Waals surface area contributed by atoms with Gasteiger partial charge in [-0.2, -0.15) is 13.2 Å². The normalized spacial score (nSPS) is 11.7. The highest BCUT2D eigenvalue weighted by Gasteiger charge is 2.37. The summed E-state index contributed by atoms with van der Waals surface area (Å²) < 4.78 is 36.0. The molecule has 0 aliphatic carbocycles. The maximum absolute atomic E-state index is 12.0. The third-order valence-electron chi connectivity index (χ3n) is 1.01. The van der Waals surface area contributed by atoms with Crippen LogP contribution in [0, 0.1) is 0 Å². The Balaban J connectivity index is 3.17. The predicted octanol–water partition coefficient (Wildman–Crippen LogP) is 2.54. The minimum Gasteiger partial charge on any atom is -0.274 e. The summed E-state index contributed by atoms with van der Waals surface area (Å²) in [6.07, 6.45) is -4.55. The van der Waals surface area contributed by atoms with Gasteiger partial charge in [0.25, 0.3) is 5.24 Å². The van der Waals surface area contributed by atoms with Gasteiger partial charge in [0, 0.05) is 0 Å². The standard InChI is InChI=1S/C5HClF3NOS/c6-4(11)2-3(5(7,8)9)12-1-10-2/h1H.